The fraction of sp³-hybridized carbons (Fsp3) is 0.481. The number of nitrogens with zero attached hydrogens (tertiary/aromatic N) is 2. The average Bonchev–Trinajstić information content (AvgIpc) is 3.28. The molecule has 0 bridgehead atoms. The van der Waals surface area contributed by atoms with E-state index in [0.29, 0.717) is 37.4 Å². The number of carbonyl (C=O) groups excluding carboxylic acids is 1. The second kappa shape index (κ2) is 9.44. The summed E-state index contributed by atoms with van der Waals surface area (Å²) in [6, 6.07) is 17.5. The maximum absolute atomic E-state index is 13.5. The molecule has 1 saturated heterocycles. The summed E-state index contributed by atoms with van der Waals surface area (Å²) in [5.41, 5.74) is 0.458. The van der Waals surface area contributed by atoms with Crippen molar-refractivity contribution in [2.24, 2.45) is 17.8 Å². The topological polar surface area (TPSA) is 82.8 Å². The summed E-state index contributed by atoms with van der Waals surface area (Å²) >= 11 is 0. The molecule has 6 heteroatoms. The molecule has 1 amide bonds. The van der Waals surface area contributed by atoms with Crippen LogP contribution in [0.2, 0.25) is 0 Å². The van der Waals surface area contributed by atoms with Crippen LogP contribution in [-0.4, -0.2) is 43.2 Å². The van der Waals surface area contributed by atoms with Gasteiger partial charge >= 0.3 is 0 Å². The van der Waals surface area contributed by atoms with Gasteiger partial charge in [0, 0.05) is 36.6 Å². The molecule has 0 radical (unpaired) electrons. The maximum atomic E-state index is 13.5. The van der Waals surface area contributed by atoms with Crippen LogP contribution in [0.25, 0.3) is 0 Å². The molecule has 0 aromatic heterocycles. The highest BCUT2D eigenvalue weighted by Gasteiger charge is 2.54. The van der Waals surface area contributed by atoms with Crippen molar-refractivity contribution >= 4 is 5.91 Å². The molecule has 0 spiro atoms. The second-order valence-corrected chi connectivity index (χ2v) is 9.37. The Kier molecular flexibility index (Phi) is 6.62. The average molecular weight is 449 g/mol. The van der Waals surface area contributed by atoms with Crippen molar-refractivity contribution in [3.05, 3.63) is 59.7 Å². The zero-order chi connectivity index (χ0) is 23.6. The fourth-order valence-corrected chi connectivity index (χ4v) is 5.96. The molecule has 6 nitrogen and oxygen atoms in total. The van der Waals surface area contributed by atoms with E-state index in [0.717, 1.165) is 17.5 Å². The molecule has 1 N–H and O–H groups in total. The van der Waals surface area contributed by atoms with Crippen LogP contribution in [0.4, 0.5) is 0 Å². The van der Waals surface area contributed by atoms with Crippen molar-refractivity contribution in [1.82, 2.24) is 4.90 Å². The molecule has 33 heavy (non-hydrogen) atoms. The Morgan fingerprint density at radius 3 is 2.52 bits per heavy atom. The van der Waals surface area contributed by atoms with Crippen LogP contribution in [-0.2, 0) is 10.4 Å². The van der Waals surface area contributed by atoms with Gasteiger partial charge in [0.2, 0.25) is 5.91 Å². The summed E-state index contributed by atoms with van der Waals surface area (Å²) in [6.07, 6.45) is 1.72. The number of likely N-dealkylation sites (tertiary alicyclic amines) is 1. The number of hydrogen-bond acceptors (Lipinski definition) is 5. The van der Waals surface area contributed by atoms with Crippen LogP contribution < -0.4 is 9.47 Å². The predicted octanol–water partition coefficient (Wildman–Crippen LogP) is 4.09. The lowest BCUT2D eigenvalue weighted by Crippen LogP contribution is -2.46. The smallest absolute Gasteiger partial charge is 0.229 e. The van der Waals surface area contributed by atoms with Crippen molar-refractivity contribution in [3.8, 4) is 17.6 Å². The molecule has 1 heterocycles. The number of fused-ring (bicyclic) bond motifs is 1. The van der Waals surface area contributed by atoms with E-state index in [2.05, 4.69) is 6.07 Å². The van der Waals surface area contributed by atoms with E-state index in [1.165, 1.54) is 0 Å². The normalized spacial score (nSPS) is 27.4. The lowest BCUT2D eigenvalue weighted by Gasteiger charge is -2.45. The van der Waals surface area contributed by atoms with Crippen molar-refractivity contribution in [3.63, 3.8) is 0 Å². The molecular weight excluding hydrogens is 416 g/mol. The molecule has 174 valence electrons. The predicted molar refractivity (Wildman–Crippen MR) is 125 cm³/mol. The van der Waals surface area contributed by atoms with Gasteiger partial charge in [-0.15, -0.1) is 0 Å². The third-order valence-corrected chi connectivity index (χ3v) is 7.53. The van der Waals surface area contributed by atoms with Crippen LogP contribution in [0.1, 0.15) is 43.2 Å². The molecule has 4 rings (SSSR count). The van der Waals surface area contributed by atoms with E-state index in [4.69, 9.17) is 9.47 Å². The zero-order valence-corrected chi connectivity index (χ0v) is 19.5. The van der Waals surface area contributed by atoms with Gasteiger partial charge in [0.15, 0.2) is 0 Å². The number of nitriles is 1. The van der Waals surface area contributed by atoms with Crippen molar-refractivity contribution in [2.45, 2.75) is 37.7 Å². The van der Waals surface area contributed by atoms with Gasteiger partial charge in [-0.25, -0.2) is 0 Å². The van der Waals surface area contributed by atoms with Crippen LogP contribution in [0.3, 0.4) is 0 Å². The molecule has 0 unspecified atom stereocenters. The van der Waals surface area contributed by atoms with Crippen LogP contribution >= 0.6 is 0 Å². The maximum Gasteiger partial charge on any atom is 0.229 e. The minimum atomic E-state index is -1.15. The number of amides is 1. The van der Waals surface area contributed by atoms with Gasteiger partial charge in [0.05, 0.1) is 31.8 Å². The largest absolute Gasteiger partial charge is 0.496 e. The van der Waals surface area contributed by atoms with E-state index in [9.17, 15) is 15.2 Å². The lowest BCUT2D eigenvalue weighted by atomic mass is 9.63. The minimum Gasteiger partial charge on any atom is -0.496 e. The summed E-state index contributed by atoms with van der Waals surface area (Å²) < 4.78 is 11.1. The van der Waals surface area contributed by atoms with E-state index in [-0.39, 0.29) is 29.6 Å². The van der Waals surface area contributed by atoms with Crippen molar-refractivity contribution in [1.29, 1.82) is 5.26 Å². The van der Waals surface area contributed by atoms with Gasteiger partial charge in [-0.3, -0.25) is 4.79 Å². The Morgan fingerprint density at radius 1 is 1.15 bits per heavy atom. The Bertz CT molecular complexity index is 1050. The third kappa shape index (κ3) is 4.18. The number of para-hydroxylation sites is 2. The number of carbonyl (C=O) groups is 1. The molecule has 2 aromatic carbocycles. The number of methoxy groups -OCH3 is 2. The second-order valence-electron chi connectivity index (χ2n) is 9.37. The Balaban J connectivity index is 1.64. The number of rotatable bonds is 6. The van der Waals surface area contributed by atoms with Gasteiger partial charge in [0.1, 0.15) is 11.5 Å². The monoisotopic (exact) mass is 448 g/mol. The van der Waals surface area contributed by atoms with Gasteiger partial charge < -0.3 is 19.5 Å². The van der Waals surface area contributed by atoms with Crippen LogP contribution in [0.5, 0.6) is 11.5 Å². The molecule has 2 fully saturated rings. The van der Waals surface area contributed by atoms with E-state index in [1.54, 1.807) is 14.2 Å². The summed E-state index contributed by atoms with van der Waals surface area (Å²) in [5.74, 6) is 1.12. The zero-order valence-electron chi connectivity index (χ0n) is 19.5. The Labute approximate surface area is 195 Å². The molecule has 1 saturated carbocycles. The highest BCUT2D eigenvalue weighted by molar-refractivity contribution is 5.84. The fourth-order valence-electron chi connectivity index (χ4n) is 5.96. The van der Waals surface area contributed by atoms with Crippen LogP contribution in [0, 0.1) is 29.1 Å². The summed E-state index contributed by atoms with van der Waals surface area (Å²) in [5, 5.41) is 21.5. The lowest BCUT2D eigenvalue weighted by molar-refractivity contribution is -0.132. The number of ether oxygens (including phenoxy) is 2. The quantitative estimate of drug-likeness (QED) is 0.720. The Morgan fingerprint density at radius 2 is 1.82 bits per heavy atom. The SMILES string of the molecule is COc1ccccc1[C@H](C)C(=O)N1C[C@@H]2C[C@@H](CC#N)C[C@@](O)(c3ccccc3OC)[C@@H]2C1. The Hall–Kier alpha value is -3.04. The molecular formula is C27H32N2O4. The van der Waals surface area contributed by atoms with Gasteiger partial charge in [-0.1, -0.05) is 36.4 Å². The highest BCUT2D eigenvalue weighted by atomic mass is 16.5. The van der Waals surface area contributed by atoms with Gasteiger partial charge in [-0.05, 0) is 43.7 Å². The number of aliphatic hydroxyl groups is 1. The van der Waals surface area contributed by atoms with E-state index < -0.39 is 5.60 Å². The van der Waals surface area contributed by atoms with Crippen molar-refractivity contribution in [2.75, 3.05) is 27.3 Å². The summed E-state index contributed by atoms with van der Waals surface area (Å²) in [4.78, 5) is 15.4. The summed E-state index contributed by atoms with van der Waals surface area (Å²) in [7, 11) is 3.22. The van der Waals surface area contributed by atoms with Crippen molar-refractivity contribution < 1.29 is 19.4 Å². The van der Waals surface area contributed by atoms with E-state index in [1.807, 2.05) is 60.4 Å². The summed E-state index contributed by atoms with van der Waals surface area (Å²) in [6.45, 7) is 2.98. The molecule has 1 aliphatic carbocycles. The number of hydrogen-bond donors (Lipinski definition) is 1. The molecule has 5 atom stereocenters. The molecule has 2 aromatic rings. The first kappa shape index (κ1) is 23.1. The minimum absolute atomic E-state index is 0.0353. The first-order valence-electron chi connectivity index (χ1n) is 11.6. The first-order chi connectivity index (χ1) is 15.9. The number of benzene rings is 2. The molecule has 1 aliphatic heterocycles. The van der Waals surface area contributed by atoms with Crippen LogP contribution in [0.15, 0.2) is 48.5 Å². The standard InChI is InChI=1S/C27H32N2O4/c1-18(21-8-4-6-10-24(21)32-2)26(30)29-16-20-14-19(12-13-28)15-27(31,23(20)17-29)22-9-5-7-11-25(22)33-3/h4-11,18-20,23,31H,12,14-17H2,1-3H3/t18-,19+,20-,23+,27+/m0/s1. The van der Waals surface area contributed by atoms with Gasteiger partial charge in [0.25, 0.3) is 0 Å². The highest BCUT2D eigenvalue weighted by Crippen LogP contribution is 2.53. The molecule has 2 aliphatic rings. The van der Waals surface area contributed by atoms with Gasteiger partial charge in [-0.2, -0.15) is 5.26 Å². The van der Waals surface area contributed by atoms with E-state index >= 15 is 0 Å². The first-order valence-corrected chi connectivity index (χ1v) is 11.6. The third-order valence-electron chi connectivity index (χ3n) is 7.53.